The maximum atomic E-state index is 14.3. The summed E-state index contributed by atoms with van der Waals surface area (Å²) in [4.78, 5) is 31.9. The molecule has 0 bridgehead atoms. The molecule has 0 N–H and O–H groups in total. The Hall–Kier alpha value is -5.73. The molecule has 7 rings (SSSR count). The largest absolute Gasteiger partial charge is 0.497 e. The highest BCUT2D eigenvalue weighted by molar-refractivity contribution is 7.44. The van der Waals surface area contributed by atoms with Gasteiger partial charge in [0.05, 0.1) is 57.4 Å². The van der Waals surface area contributed by atoms with Crippen LogP contribution in [-0.2, 0) is 39.8 Å². The Bertz CT molecular complexity index is 2780. The van der Waals surface area contributed by atoms with E-state index in [1.54, 1.807) is 50.7 Å². The van der Waals surface area contributed by atoms with Crippen LogP contribution >= 0.6 is 8.53 Å². The highest BCUT2D eigenvalue weighted by atomic mass is 31.2. The number of nitriles is 1. The van der Waals surface area contributed by atoms with Crippen molar-refractivity contribution in [2.75, 3.05) is 34.0 Å². The fourth-order valence-corrected chi connectivity index (χ4v) is 11.9. The van der Waals surface area contributed by atoms with E-state index in [1.165, 1.54) is 10.9 Å². The van der Waals surface area contributed by atoms with E-state index in [4.69, 9.17) is 42.1 Å². The molecule has 15 nitrogen and oxygen atoms in total. The summed E-state index contributed by atoms with van der Waals surface area (Å²) in [7, 11) is -1.23. The van der Waals surface area contributed by atoms with Gasteiger partial charge in [0.2, 0.25) is 0 Å². The van der Waals surface area contributed by atoms with Gasteiger partial charge in [-0.1, -0.05) is 93.6 Å². The van der Waals surface area contributed by atoms with Gasteiger partial charge in [0.1, 0.15) is 54.0 Å². The van der Waals surface area contributed by atoms with Crippen LogP contribution in [0.2, 0.25) is 18.1 Å². The van der Waals surface area contributed by atoms with Gasteiger partial charge in [-0.15, -0.1) is 0 Å². The van der Waals surface area contributed by atoms with Gasteiger partial charge in [-0.2, -0.15) is 5.26 Å². The molecular weight excluding hydrogens is 962 g/mol. The minimum Gasteiger partial charge on any atom is -0.497 e. The first-order valence-electron chi connectivity index (χ1n) is 24.8. The topological polar surface area (TPSA) is 158 Å². The van der Waals surface area contributed by atoms with Gasteiger partial charge >= 0.3 is 5.97 Å². The van der Waals surface area contributed by atoms with Crippen molar-refractivity contribution in [2.24, 2.45) is 0 Å². The molecule has 388 valence electrons. The van der Waals surface area contributed by atoms with E-state index in [1.807, 2.05) is 77.4 Å². The minimum absolute atomic E-state index is 0.00662. The lowest BCUT2D eigenvalue weighted by Crippen LogP contribution is -2.51. The second-order valence-corrected chi connectivity index (χ2v) is 26.2. The quantitative estimate of drug-likeness (QED) is 0.0196. The summed E-state index contributed by atoms with van der Waals surface area (Å²) >= 11 is 0. The average Bonchev–Trinajstić information content (AvgIpc) is 3.96. The zero-order chi connectivity index (χ0) is 52.5. The predicted molar refractivity (Wildman–Crippen MR) is 285 cm³/mol. The number of benzene rings is 4. The van der Waals surface area contributed by atoms with Gasteiger partial charge in [-0.25, -0.2) is 14.4 Å². The lowest BCUT2D eigenvalue weighted by atomic mass is 9.80. The van der Waals surface area contributed by atoms with Crippen LogP contribution in [0.3, 0.4) is 0 Å². The van der Waals surface area contributed by atoms with Gasteiger partial charge in [-0.3, -0.25) is 9.36 Å². The summed E-state index contributed by atoms with van der Waals surface area (Å²) in [5, 5.41) is 9.75. The number of nitrogens with zero attached hydrogens (tertiary/aromatic N) is 5. The zero-order valence-corrected chi connectivity index (χ0v) is 45.8. The smallest absolute Gasteiger partial charge is 0.338 e. The molecule has 73 heavy (non-hydrogen) atoms. The van der Waals surface area contributed by atoms with E-state index < -0.39 is 53.0 Å². The zero-order valence-electron chi connectivity index (χ0n) is 43.9. The molecular formula is C56H70N5O10PSi. The normalized spacial score (nSPS) is 17.8. The van der Waals surface area contributed by atoms with Crippen molar-refractivity contribution in [1.29, 1.82) is 5.26 Å². The monoisotopic (exact) mass is 1030 g/mol. The number of carbonyl (C=O) groups is 1. The molecule has 0 amide bonds. The third-order valence-electron chi connectivity index (χ3n) is 13.6. The number of fused-ring (bicyclic) bond motifs is 1. The first-order chi connectivity index (χ1) is 34.9. The van der Waals surface area contributed by atoms with Crippen LogP contribution in [-0.4, -0.2) is 97.5 Å². The van der Waals surface area contributed by atoms with Crippen molar-refractivity contribution in [2.45, 2.75) is 122 Å². The van der Waals surface area contributed by atoms with E-state index >= 15 is 0 Å². The molecule has 3 heterocycles. The molecule has 1 aliphatic heterocycles. The standard InChI is InChI=1S/C56H70N5O10PSi/c1-39(2)61(40(3)4)72(68-35-18-32-57)70-50-49(71-73(10,11)55(5,6)7)48(69-53(50)60-33-31-47-51(60)58-38-59(52(47)62)34-36-66-54(63)41-19-14-12-15-20-41)37-67-56(42-21-16-13-17-22-42,43-23-27-45(64-8)28-24-43)44-25-29-46(65-9)30-26-44/h12-17,19-31,33,38-40,48-50,53H,18,34-37H2,1-11H3/t48-,49-,50-,53-,72?/m1/s1. The van der Waals surface area contributed by atoms with Crippen molar-refractivity contribution in [3.05, 3.63) is 160 Å². The SMILES string of the molecule is COc1ccc(C(OC[C@H]2O[C@@H](n3ccc4c(=O)n(CCOC(=O)c5ccccc5)cnc43)[C@H](OP(OCCC#N)N(C(C)C)C(C)C)[C@@H]2O[Si](C)(C)C(C)(C)C)(c2ccccc2)c2ccc(OC)cc2)cc1. The molecule has 17 heteroatoms. The van der Waals surface area contributed by atoms with Gasteiger partial charge in [0.15, 0.2) is 14.5 Å². The Kier molecular flexibility index (Phi) is 18.2. The van der Waals surface area contributed by atoms with Gasteiger partial charge in [0.25, 0.3) is 14.1 Å². The average molecular weight is 1030 g/mol. The Morgan fingerprint density at radius 2 is 1.40 bits per heavy atom. The number of esters is 1. The van der Waals surface area contributed by atoms with Gasteiger partial charge in [-0.05, 0) is 105 Å². The second-order valence-electron chi connectivity index (χ2n) is 20.0. The Labute approximate surface area is 432 Å². The van der Waals surface area contributed by atoms with Crippen molar-refractivity contribution in [1.82, 2.24) is 18.8 Å². The van der Waals surface area contributed by atoms with Crippen LogP contribution in [0.5, 0.6) is 11.5 Å². The van der Waals surface area contributed by atoms with Crippen molar-refractivity contribution in [3.63, 3.8) is 0 Å². The summed E-state index contributed by atoms with van der Waals surface area (Å²) in [5.74, 6) is 0.910. The number of hydrogen-bond acceptors (Lipinski definition) is 13. The lowest BCUT2D eigenvalue weighted by Gasteiger charge is -2.43. The van der Waals surface area contributed by atoms with Crippen LogP contribution in [0, 0.1) is 11.3 Å². The Morgan fingerprint density at radius 3 is 1.95 bits per heavy atom. The van der Waals surface area contributed by atoms with E-state index in [0.29, 0.717) is 28.1 Å². The van der Waals surface area contributed by atoms with Crippen molar-refractivity contribution >= 4 is 33.8 Å². The number of rotatable bonds is 23. The van der Waals surface area contributed by atoms with Crippen LogP contribution in [0.25, 0.3) is 11.0 Å². The van der Waals surface area contributed by atoms with Crippen LogP contribution in [0.1, 0.15) is 88.2 Å². The molecule has 4 aromatic carbocycles. The number of aromatic nitrogens is 3. The summed E-state index contributed by atoms with van der Waals surface area (Å²) in [5.41, 5.74) is 1.84. The number of carbonyl (C=O) groups excluding carboxylic acids is 1. The van der Waals surface area contributed by atoms with Crippen molar-refractivity contribution < 1.29 is 42.0 Å². The van der Waals surface area contributed by atoms with E-state index in [9.17, 15) is 14.9 Å². The maximum absolute atomic E-state index is 14.3. The molecule has 1 unspecified atom stereocenters. The molecule has 0 radical (unpaired) electrons. The molecule has 1 aliphatic rings. The third kappa shape index (κ3) is 12.3. The molecule has 0 aliphatic carbocycles. The lowest BCUT2D eigenvalue weighted by molar-refractivity contribution is -0.0927. The molecule has 2 aromatic heterocycles. The molecule has 0 saturated carbocycles. The van der Waals surface area contributed by atoms with E-state index in [-0.39, 0.29) is 55.5 Å². The minimum atomic E-state index is -2.67. The number of hydrogen-bond donors (Lipinski definition) is 0. The number of ether oxygens (including phenoxy) is 5. The second kappa shape index (κ2) is 24.1. The molecule has 0 spiro atoms. The van der Waals surface area contributed by atoms with E-state index in [0.717, 1.165) is 16.7 Å². The Morgan fingerprint density at radius 1 is 0.822 bits per heavy atom. The Balaban J connectivity index is 1.36. The van der Waals surface area contributed by atoms with Crippen LogP contribution < -0.4 is 15.0 Å². The van der Waals surface area contributed by atoms with Crippen LogP contribution in [0.4, 0.5) is 0 Å². The molecule has 1 fully saturated rings. The van der Waals surface area contributed by atoms with Gasteiger partial charge < -0.3 is 41.7 Å². The first-order valence-corrected chi connectivity index (χ1v) is 28.8. The highest BCUT2D eigenvalue weighted by Gasteiger charge is 2.54. The summed E-state index contributed by atoms with van der Waals surface area (Å²) in [6, 6.07) is 38.5. The van der Waals surface area contributed by atoms with Crippen LogP contribution in [0.15, 0.2) is 133 Å². The summed E-state index contributed by atoms with van der Waals surface area (Å²) in [6.07, 6.45) is 0.102. The number of methoxy groups -OCH3 is 2. The summed E-state index contributed by atoms with van der Waals surface area (Å²) in [6.45, 7) is 19.5. The fourth-order valence-electron chi connectivity index (χ4n) is 8.85. The predicted octanol–water partition coefficient (Wildman–Crippen LogP) is 11.0. The molecule has 1 saturated heterocycles. The first kappa shape index (κ1) is 55.0. The fraction of sp³-hybridized carbons (Fsp3) is 0.429. The third-order valence-corrected chi connectivity index (χ3v) is 20.2. The molecule has 5 atom stereocenters. The molecule has 6 aromatic rings. The highest BCUT2D eigenvalue weighted by Crippen LogP contribution is 2.53. The van der Waals surface area contributed by atoms with Crippen molar-refractivity contribution in [3.8, 4) is 17.6 Å². The summed E-state index contributed by atoms with van der Waals surface area (Å²) < 4.78 is 58.7. The van der Waals surface area contributed by atoms with Gasteiger partial charge in [0, 0.05) is 18.3 Å². The van der Waals surface area contributed by atoms with E-state index in [2.05, 4.69) is 84.4 Å². The maximum Gasteiger partial charge on any atom is 0.338 e.